The fourth-order valence-electron chi connectivity index (χ4n) is 3.26. The average Bonchev–Trinajstić information content (AvgIpc) is 3.14. The van der Waals surface area contributed by atoms with Crippen molar-refractivity contribution >= 4 is 0 Å². The van der Waals surface area contributed by atoms with Gasteiger partial charge in [0.05, 0.1) is 0 Å². The maximum atomic E-state index is 9.04. The summed E-state index contributed by atoms with van der Waals surface area (Å²) in [6.45, 7) is 6.62. The summed E-state index contributed by atoms with van der Waals surface area (Å²) < 4.78 is 1.97. The van der Waals surface area contributed by atoms with E-state index < -0.39 is 0 Å². The summed E-state index contributed by atoms with van der Waals surface area (Å²) in [5, 5.41) is 12.6. The molecule has 2 heterocycles. The van der Waals surface area contributed by atoms with Gasteiger partial charge in [0.1, 0.15) is 11.8 Å². The predicted octanol–water partition coefficient (Wildman–Crippen LogP) is 1.78. The fraction of sp³-hybridized carbons (Fsp3) is 0.688. The van der Waals surface area contributed by atoms with Crippen LogP contribution in [0.25, 0.3) is 0 Å². The van der Waals surface area contributed by atoms with E-state index in [4.69, 9.17) is 5.26 Å². The van der Waals surface area contributed by atoms with Crippen LogP contribution in [0.1, 0.15) is 36.2 Å². The van der Waals surface area contributed by atoms with E-state index in [1.54, 1.807) is 0 Å². The first-order valence-corrected chi connectivity index (χ1v) is 7.69. The normalized spacial score (nSPS) is 23.1. The largest absolute Gasteiger partial charge is 0.340 e. The standard InChI is InChI=1S/C16H24N4/c1-12-14(7-16(8-17)19(12)2)10-18-9-13-5-6-20(11-13)15-3-4-15/h7,13,15,18H,3-6,9-11H2,1-2H3. The van der Waals surface area contributed by atoms with E-state index in [0.29, 0.717) is 0 Å². The van der Waals surface area contributed by atoms with E-state index in [0.717, 1.165) is 30.7 Å². The Hall–Kier alpha value is -1.31. The molecule has 4 heteroatoms. The lowest BCUT2D eigenvalue weighted by molar-refractivity contribution is 0.312. The van der Waals surface area contributed by atoms with Gasteiger partial charge in [-0.25, -0.2) is 0 Å². The number of aromatic nitrogens is 1. The topological polar surface area (TPSA) is 44.0 Å². The van der Waals surface area contributed by atoms with Crippen LogP contribution in [0.4, 0.5) is 0 Å². The number of likely N-dealkylation sites (tertiary alicyclic amines) is 1. The average molecular weight is 272 g/mol. The second-order valence-electron chi connectivity index (χ2n) is 6.32. The molecular weight excluding hydrogens is 248 g/mol. The Bertz CT molecular complexity index is 521. The minimum absolute atomic E-state index is 0.750. The molecule has 0 aromatic carbocycles. The van der Waals surface area contributed by atoms with E-state index in [2.05, 4.69) is 23.2 Å². The van der Waals surface area contributed by atoms with Gasteiger partial charge in [0.25, 0.3) is 0 Å². The monoisotopic (exact) mass is 272 g/mol. The zero-order valence-corrected chi connectivity index (χ0v) is 12.5. The van der Waals surface area contributed by atoms with Gasteiger partial charge < -0.3 is 14.8 Å². The molecule has 1 aromatic heterocycles. The smallest absolute Gasteiger partial charge is 0.120 e. The molecule has 2 fully saturated rings. The van der Waals surface area contributed by atoms with Gasteiger partial charge in [0, 0.05) is 31.9 Å². The third-order valence-electron chi connectivity index (χ3n) is 4.88. The van der Waals surface area contributed by atoms with Gasteiger partial charge in [0.15, 0.2) is 0 Å². The van der Waals surface area contributed by atoms with Gasteiger partial charge in [-0.3, -0.25) is 0 Å². The van der Waals surface area contributed by atoms with Gasteiger partial charge >= 0.3 is 0 Å². The first-order valence-electron chi connectivity index (χ1n) is 7.69. The number of nitrogens with one attached hydrogen (secondary N) is 1. The Morgan fingerprint density at radius 1 is 1.40 bits per heavy atom. The molecule has 1 aromatic rings. The van der Waals surface area contributed by atoms with Gasteiger partial charge in [-0.1, -0.05) is 0 Å². The van der Waals surface area contributed by atoms with Crippen molar-refractivity contribution in [3.63, 3.8) is 0 Å². The molecule has 0 spiro atoms. The van der Waals surface area contributed by atoms with Gasteiger partial charge in [-0.2, -0.15) is 5.26 Å². The van der Waals surface area contributed by atoms with Crippen LogP contribution in [0.3, 0.4) is 0 Å². The molecule has 0 radical (unpaired) electrons. The highest BCUT2D eigenvalue weighted by Crippen LogP contribution is 2.31. The van der Waals surface area contributed by atoms with Gasteiger partial charge in [-0.15, -0.1) is 0 Å². The summed E-state index contributed by atoms with van der Waals surface area (Å²) in [4.78, 5) is 2.66. The lowest BCUT2D eigenvalue weighted by Crippen LogP contribution is -2.27. The lowest BCUT2D eigenvalue weighted by atomic mass is 10.1. The van der Waals surface area contributed by atoms with Crippen LogP contribution in [-0.4, -0.2) is 35.1 Å². The summed E-state index contributed by atoms with van der Waals surface area (Å²) in [5.41, 5.74) is 3.20. The summed E-state index contributed by atoms with van der Waals surface area (Å²) in [6.07, 6.45) is 4.17. The van der Waals surface area contributed by atoms with Crippen LogP contribution >= 0.6 is 0 Å². The van der Waals surface area contributed by atoms with E-state index in [1.807, 2.05) is 17.7 Å². The van der Waals surface area contributed by atoms with E-state index in [9.17, 15) is 0 Å². The van der Waals surface area contributed by atoms with Gasteiger partial charge in [0.2, 0.25) is 0 Å². The minimum atomic E-state index is 0.750. The lowest BCUT2D eigenvalue weighted by Gasteiger charge is -2.15. The Morgan fingerprint density at radius 3 is 2.85 bits per heavy atom. The maximum Gasteiger partial charge on any atom is 0.120 e. The van der Waals surface area contributed by atoms with Crippen LogP contribution in [0.5, 0.6) is 0 Å². The summed E-state index contributed by atoms with van der Waals surface area (Å²) >= 11 is 0. The van der Waals surface area contributed by atoms with Gasteiger partial charge in [-0.05, 0) is 56.8 Å². The SMILES string of the molecule is Cc1c(CNCC2CCN(C3CC3)C2)cc(C#N)n1C. The van der Waals surface area contributed by atoms with Crippen molar-refractivity contribution in [2.75, 3.05) is 19.6 Å². The number of hydrogen-bond donors (Lipinski definition) is 1. The molecular formula is C16H24N4. The molecule has 3 rings (SSSR count). The number of rotatable bonds is 5. The van der Waals surface area contributed by atoms with Crippen molar-refractivity contribution in [1.82, 2.24) is 14.8 Å². The molecule has 1 saturated heterocycles. The Labute approximate surface area is 121 Å². The van der Waals surface area contributed by atoms with Crippen molar-refractivity contribution in [1.29, 1.82) is 5.26 Å². The Kier molecular flexibility index (Phi) is 3.82. The van der Waals surface area contributed by atoms with Crippen molar-refractivity contribution in [2.24, 2.45) is 13.0 Å². The highest BCUT2D eigenvalue weighted by atomic mass is 15.2. The molecule has 0 amide bonds. The number of nitriles is 1. The third-order valence-corrected chi connectivity index (χ3v) is 4.88. The molecule has 1 saturated carbocycles. The van der Waals surface area contributed by atoms with Crippen molar-refractivity contribution in [3.8, 4) is 6.07 Å². The number of nitrogens with zero attached hydrogens (tertiary/aromatic N) is 3. The molecule has 4 nitrogen and oxygen atoms in total. The molecule has 1 N–H and O–H groups in total. The Balaban J connectivity index is 1.47. The van der Waals surface area contributed by atoms with Crippen molar-refractivity contribution < 1.29 is 0 Å². The zero-order chi connectivity index (χ0) is 14.1. The number of hydrogen-bond acceptors (Lipinski definition) is 3. The van der Waals surface area contributed by atoms with Crippen LogP contribution < -0.4 is 5.32 Å². The fourth-order valence-corrected chi connectivity index (χ4v) is 3.26. The van der Waals surface area contributed by atoms with E-state index in [-0.39, 0.29) is 0 Å². The predicted molar refractivity (Wildman–Crippen MR) is 79.3 cm³/mol. The highest BCUT2D eigenvalue weighted by molar-refractivity contribution is 5.34. The van der Waals surface area contributed by atoms with Crippen LogP contribution in [0.15, 0.2) is 6.07 Å². The molecule has 1 aliphatic heterocycles. The highest BCUT2D eigenvalue weighted by Gasteiger charge is 2.33. The second-order valence-corrected chi connectivity index (χ2v) is 6.32. The van der Waals surface area contributed by atoms with Crippen LogP contribution in [-0.2, 0) is 13.6 Å². The minimum Gasteiger partial charge on any atom is -0.340 e. The third kappa shape index (κ3) is 2.74. The molecule has 1 atom stereocenters. The Morgan fingerprint density at radius 2 is 2.20 bits per heavy atom. The summed E-state index contributed by atoms with van der Waals surface area (Å²) in [5.74, 6) is 0.801. The molecule has 20 heavy (non-hydrogen) atoms. The molecule has 0 bridgehead atoms. The van der Waals surface area contributed by atoms with E-state index >= 15 is 0 Å². The van der Waals surface area contributed by atoms with Crippen LogP contribution in [0.2, 0.25) is 0 Å². The summed E-state index contributed by atoms with van der Waals surface area (Å²) in [6, 6.07) is 5.16. The molecule has 108 valence electrons. The van der Waals surface area contributed by atoms with Crippen molar-refractivity contribution in [2.45, 2.75) is 38.8 Å². The first-order chi connectivity index (χ1) is 9.69. The van der Waals surface area contributed by atoms with E-state index in [1.165, 1.54) is 43.6 Å². The molecule has 1 aliphatic carbocycles. The summed E-state index contributed by atoms with van der Waals surface area (Å²) in [7, 11) is 1.96. The quantitative estimate of drug-likeness (QED) is 0.888. The second kappa shape index (κ2) is 5.59. The first kappa shape index (κ1) is 13.7. The zero-order valence-electron chi connectivity index (χ0n) is 12.5. The van der Waals surface area contributed by atoms with Crippen LogP contribution in [0, 0.1) is 24.2 Å². The molecule has 2 aliphatic rings. The molecule has 1 unspecified atom stereocenters. The maximum absolute atomic E-state index is 9.04. The van der Waals surface area contributed by atoms with Crippen molar-refractivity contribution in [3.05, 3.63) is 23.0 Å².